The van der Waals surface area contributed by atoms with Gasteiger partial charge in [0.15, 0.2) is 16.6 Å². The minimum absolute atomic E-state index is 0.665. The predicted molar refractivity (Wildman–Crippen MR) is 86.9 cm³/mol. The number of hydrazine groups is 1. The standard InChI is InChI=1S/C15H21N3O2S/c1-3-7-19-13-6-5-11(9-14(13)20-8-4-2)12-10-21-15(17-12)18-16/h5-6,9-10H,3-4,7-8,16H2,1-2H3,(H,17,18). The number of nitrogens with two attached hydrogens (primary N) is 1. The third kappa shape index (κ3) is 4.09. The van der Waals surface area contributed by atoms with Crippen LogP contribution in [0.5, 0.6) is 11.5 Å². The number of hydrogen-bond acceptors (Lipinski definition) is 6. The lowest BCUT2D eigenvalue weighted by Crippen LogP contribution is -2.05. The third-order valence-corrected chi connectivity index (χ3v) is 3.56. The van der Waals surface area contributed by atoms with Gasteiger partial charge in [-0.1, -0.05) is 13.8 Å². The molecule has 0 saturated heterocycles. The van der Waals surface area contributed by atoms with Crippen LogP contribution in [0.2, 0.25) is 0 Å². The van der Waals surface area contributed by atoms with Crippen LogP contribution in [-0.4, -0.2) is 18.2 Å². The molecule has 0 spiro atoms. The van der Waals surface area contributed by atoms with E-state index in [2.05, 4.69) is 24.3 Å². The van der Waals surface area contributed by atoms with Gasteiger partial charge in [0.05, 0.1) is 18.9 Å². The van der Waals surface area contributed by atoms with Gasteiger partial charge >= 0.3 is 0 Å². The molecule has 0 aliphatic carbocycles. The highest BCUT2D eigenvalue weighted by molar-refractivity contribution is 7.14. The highest BCUT2D eigenvalue weighted by Crippen LogP contribution is 2.34. The fourth-order valence-electron chi connectivity index (χ4n) is 1.80. The van der Waals surface area contributed by atoms with E-state index in [1.807, 2.05) is 23.6 Å². The van der Waals surface area contributed by atoms with Crippen molar-refractivity contribution >= 4 is 16.5 Å². The minimum Gasteiger partial charge on any atom is -0.490 e. The van der Waals surface area contributed by atoms with E-state index in [1.165, 1.54) is 11.3 Å². The van der Waals surface area contributed by atoms with Gasteiger partial charge in [-0.3, -0.25) is 5.43 Å². The predicted octanol–water partition coefficient (Wildman–Crippen LogP) is 3.67. The molecule has 114 valence electrons. The zero-order valence-electron chi connectivity index (χ0n) is 12.4. The number of benzene rings is 1. The lowest BCUT2D eigenvalue weighted by Gasteiger charge is -2.13. The molecule has 3 N–H and O–H groups in total. The van der Waals surface area contributed by atoms with Gasteiger partial charge in [-0.05, 0) is 31.0 Å². The molecule has 0 saturated carbocycles. The van der Waals surface area contributed by atoms with E-state index in [0.29, 0.717) is 18.3 Å². The smallest absolute Gasteiger partial charge is 0.197 e. The molecular weight excluding hydrogens is 286 g/mol. The average Bonchev–Trinajstić information content (AvgIpc) is 3.00. The van der Waals surface area contributed by atoms with Gasteiger partial charge in [-0.25, -0.2) is 10.8 Å². The van der Waals surface area contributed by atoms with Crippen LogP contribution < -0.4 is 20.7 Å². The monoisotopic (exact) mass is 307 g/mol. The van der Waals surface area contributed by atoms with Crippen LogP contribution in [0.4, 0.5) is 5.13 Å². The van der Waals surface area contributed by atoms with E-state index < -0.39 is 0 Å². The van der Waals surface area contributed by atoms with Crippen molar-refractivity contribution in [1.29, 1.82) is 0 Å². The molecule has 0 atom stereocenters. The van der Waals surface area contributed by atoms with Crippen molar-refractivity contribution in [2.45, 2.75) is 26.7 Å². The number of nitrogens with zero attached hydrogens (tertiary/aromatic N) is 1. The first-order chi connectivity index (χ1) is 10.3. The maximum atomic E-state index is 5.79. The largest absolute Gasteiger partial charge is 0.490 e. The number of hydrogen-bond donors (Lipinski definition) is 2. The van der Waals surface area contributed by atoms with Crippen LogP contribution in [0.25, 0.3) is 11.3 Å². The first-order valence-corrected chi connectivity index (χ1v) is 7.98. The number of rotatable bonds is 8. The summed E-state index contributed by atoms with van der Waals surface area (Å²) in [6.45, 7) is 5.51. The molecule has 2 aromatic rings. The second kappa shape index (κ2) is 7.85. The molecule has 1 aromatic heterocycles. The molecule has 0 fully saturated rings. The summed E-state index contributed by atoms with van der Waals surface area (Å²) >= 11 is 1.47. The van der Waals surface area contributed by atoms with Gasteiger partial charge in [0, 0.05) is 10.9 Å². The highest BCUT2D eigenvalue weighted by atomic mass is 32.1. The Morgan fingerprint density at radius 3 is 2.48 bits per heavy atom. The Labute approximate surface area is 129 Å². The van der Waals surface area contributed by atoms with Crippen molar-refractivity contribution in [2.24, 2.45) is 5.84 Å². The first kappa shape index (κ1) is 15.6. The van der Waals surface area contributed by atoms with Crippen molar-refractivity contribution in [3.8, 4) is 22.8 Å². The van der Waals surface area contributed by atoms with E-state index in [-0.39, 0.29) is 0 Å². The van der Waals surface area contributed by atoms with E-state index >= 15 is 0 Å². The van der Waals surface area contributed by atoms with E-state index in [9.17, 15) is 0 Å². The Balaban J connectivity index is 2.26. The number of anilines is 1. The van der Waals surface area contributed by atoms with Gasteiger partial charge in [0.1, 0.15) is 0 Å². The van der Waals surface area contributed by atoms with Gasteiger partial charge in [-0.15, -0.1) is 11.3 Å². The van der Waals surface area contributed by atoms with Gasteiger partial charge in [0.2, 0.25) is 0 Å². The number of aromatic nitrogens is 1. The van der Waals surface area contributed by atoms with Crippen molar-refractivity contribution in [1.82, 2.24) is 4.98 Å². The molecule has 1 heterocycles. The molecule has 0 amide bonds. The molecular formula is C15H21N3O2S. The SMILES string of the molecule is CCCOc1ccc(-c2csc(NN)n2)cc1OCCC. The second-order valence-electron chi connectivity index (χ2n) is 4.54. The average molecular weight is 307 g/mol. The van der Waals surface area contributed by atoms with E-state index in [4.69, 9.17) is 15.3 Å². The summed E-state index contributed by atoms with van der Waals surface area (Å²) in [5, 5.41) is 2.65. The minimum atomic E-state index is 0.665. The first-order valence-electron chi connectivity index (χ1n) is 7.10. The van der Waals surface area contributed by atoms with Gasteiger partial charge in [-0.2, -0.15) is 0 Å². The van der Waals surface area contributed by atoms with Crippen LogP contribution >= 0.6 is 11.3 Å². The van der Waals surface area contributed by atoms with Crippen LogP contribution in [0, 0.1) is 0 Å². The summed E-state index contributed by atoms with van der Waals surface area (Å²) in [4.78, 5) is 4.40. The summed E-state index contributed by atoms with van der Waals surface area (Å²) < 4.78 is 11.5. The molecule has 21 heavy (non-hydrogen) atoms. The summed E-state index contributed by atoms with van der Waals surface area (Å²) in [5.74, 6) is 6.91. The lowest BCUT2D eigenvalue weighted by molar-refractivity contribution is 0.268. The topological polar surface area (TPSA) is 69.4 Å². The van der Waals surface area contributed by atoms with Gasteiger partial charge in [0.25, 0.3) is 0 Å². The van der Waals surface area contributed by atoms with E-state index in [1.54, 1.807) is 0 Å². The molecule has 0 aliphatic rings. The summed E-state index contributed by atoms with van der Waals surface area (Å²) in [6.07, 6.45) is 1.92. The third-order valence-electron chi connectivity index (χ3n) is 2.79. The molecule has 1 aromatic carbocycles. The summed E-state index contributed by atoms with van der Waals surface area (Å²) in [7, 11) is 0. The molecule has 6 heteroatoms. The normalized spacial score (nSPS) is 10.4. The van der Waals surface area contributed by atoms with Crippen LogP contribution in [0.1, 0.15) is 26.7 Å². The molecule has 2 rings (SSSR count). The Hall–Kier alpha value is -1.79. The zero-order valence-corrected chi connectivity index (χ0v) is 13.2. The molecule has 0 aliphatic heterocycles. The maximum Gasteiger partial charge on any atom is 0.197 e. The van der Waals surface area contributed by atoms with Crippen LogP contribution in [0.15, 0.2) is 23.6 Å². The molecule has 0 bridgehead atoms. The summed E-state index contributed by atoms with van der Waals surface area (Å²) in [6, 6.07) is 5.89. The Morgan fingerprint density at radius 2 is 1.86 bits per heavy atom. The number of nitrogen functional groups attached to an aromatic ring is 1. The van der Waals surface area contributed by atoms with Crippen LogP contribution in [0.3, 0.4) is 0 Å². The van der Waals surface area contributed by atoms with Gasteiger partial charge < -0.3 is 9.47 Å². The zero-order chi connectivity index (χ0) is 15.1. The quantitative estimate of drug-likeness (QED) is 0.575. The number of thiazole rings is 1. The second-order valence-corrected chi connectivity index (χ2v) is 5.40. The van der Waals surface area contributed by atoms with Crippen molar-refractivity contribution in [3.05, 3.63) is 23.6 Å². The fourth-order valence-corrected chi connectivity index (χ4v) is 2.43. The number of ether oxygens (including phenoxy) is 2. The molecule has 5 nitrogen and oxygen atoms in total. The van der Waals surface area contributed by atoms with E-state index in [0.717, 1.165) is 35.6 Å². The number of nitrogens with one attached hydrogen (secondary N) is 1. The summed E-state index contributed by atoms with van der Waals surface area (Å²) in [5.41, 5.74) is 4.42. The Morgan fingerprint density at radius 1 is 1.14 bits per heavy atom. The maximum absolute atomic E-state index is 5.79. The molecule has 0 radical (unpaired) electrons. The Bertz CT molecular complexity index is 572. The van der Waals surface area contributed by atoms with Crippen molar-refractivity contribution < 1.29 is 9.47 Å². The fraction of sp³-hybridized carbons (Fsp3) is 0.400. The van der Waals surface area contributed by atoms with Crippen molar-refractivity contribution in [2.75, 3.05) is 18.6 Å². The molecule has 0 unspecified atom stereocenters. The Kier molecular flexibility index (Phi) is 5.83. The highest BCUT2D eigenvalue weighted by Gasteiger charge is 2.10. The van der Waals surface area contributed by atoms with Crippen molar-refractivity contribution in [3.63, 3.8) is 0 Å². The van der Waals surface area contributed by atoms with Crippen LogP contribution in [-0.2, 0) is 0 Å². The lowest BCUT2D eigenvalue weighted by atomic mass is 10.1.